The zero-order valence-electron chi connectivity index (χ0n) is 20.6. The molecule has 1 saturated carbocycles. The van der Waals surface area contributed by atoms with Crippen LogP contribution in [0.1, 0.15) is 59.1 Å². The van der Waals surface area contributed by atoms with Crippen molar-refractivity contribution in [2.45, 2.75) is 54.7 Å². The molecule has 2 N–H and O–H groups in total. The summed E-state index contributed by atoms with van der Waals surface area (Å²) in [6.45, 7) is 0.522. The molecule has 1 aliphatic carbocycles. The van der Waals surface area contributed by atoms with Gasteiger partial charge in [-0.2, -0.15) is 0 Å². The second-order valence-electron chi connectivity index (χ2n) is 9.69. The number of halogens is 1. The largest absolute Gasteiger partial charge is 0.393 e. The van der Waals surface area contributed by atoms with E-state index in [1.54, 1.807) is 11.8 Å². The Morgan fingerprint density at radius 1 is 0.946 bits per heavy atom. The van der Waals surface area contributed by atoms with Gasteiger partial charge in [0.25, 0.3) is 5.91 Å². The molecule has 1 heterocycles. The number of fused-ring (bicyclic) bond motifs is 1. The van der Waals surface area contributed by atoms with Crippen LogP contribution in [-0.4, -0.2) is 46.3 Å². The average molecular weight is 535 g/mol. The summed E-state index contributed by atoms with van der Waals surface area (Å²) in [5.41, 5.74) is 2.22. The molecule has 0 spiro atoms. The molecule has 0 saturated heterocycles. The van der Waals surface area contributed by atoms with Gasteiger partial charge in [0.05, 0.1) is 18.1 Å². The van der Waals surface area contributed by atoms with E-state index in [0.717, 1.165) is 21.8 Å². The van der Waals surface area contributed by atoms with Gasteiger partial charge in [0, 0.05) is 33.8 Å². The number of rotatable bonds is 7. The topological polar surface area (TPSA) is 69.6 Å². The maximum absolute atomic E-state index is 13.9. The molecule has 7 heteroatoms. The van der Waals surface area contributed by atoms with Crippen LogP contribution in [0.5, 0.6) is 0 Å². The quantitative estimate of drug-likeness (QED) is 0.295. The Morgan fingerprint density at radius 2 is 1.62 bits per heavy atom. The van der Waals surface area contributed by atoms with Crippen LogP contribution in [0, 0.1) is 0 Å². The summed E-state index contributed by atoms with van der Waals surface area (Å²) in [5, 5.41) is 13.9. The molecule has 0 aromatic heterocycles. The number of carbonyl (C=O) groups excluding carboxylic acids is 2. The van der Waals surface area contributed by atoms with Crippen LogP contribution in [0.15, 0.2) is 83.8 Å². The van der Waals surface area contributed by atoms with Gasteiger partial charge in [0.2, 0.25) is 5.91 Å². The molecule has 1 aliphatic heterocycles. The maximum Gasteiger partial charge on any atom is 0.254 e. The second kappa shape index (κ2) is 11.7. The molecule has 0 unspecified atom stereocenters. The van der Waals surface area contributed by atoms with Crippen LogP contribution in [-0.2, 0) is 4.79 Å². The number of amides is 2. The van der Waals surface area contributed by atoms with Crippen molar-refractivity contribution < 1.29 is 14.7 Å². The summed E-state index contributed by atoms with van der Waals surface area (Å²) >= 11 is 7.91. The molecule has 1 fully saturated rings. The highest BCUT2D eigenvalue weighted by Crippen LogP contribution is 2.46. The van der Waals surface area contributed by atoms with E-state index in [1.807, 2.05) is 71.6 Å². The van der Waals surface area contributed by atoms with E-state index in [2.05, 4.69) is 17.4 Å². The van der Waals surface area contributed by atoms with Crippen LogP contribution in [0.4, 0.5) is 0 Å². The Bertz CT molecular complexity index is 1230. The molecule has 5 nitrogen and oxygen atoms in total. The van der Waals surface area contributed by atoms with Crippen molar-refractivity contribution >= 4 is 35.2 Å². The van der Waals surface area contributed by atoms with E-state index in [-0.39, 0.29) is 24.0 Å². The Labute approximate surface area is 227 Å². The number of thioether (sulfide) groups is 1. The molecule has 2 amide bonds. The Morgan fingerprint density at radius 3 is 2.35 bits per heavy atom. The molecule has 2 aliphatic rings. The van der Waals surface area contributed by atoms with Gasteiger partial charge in [-0.05, 0) is 67.1 Å². The Kier molecular flexibility index (Phi) is 8.18. The van der Waals surface area contributed by atoms with Gasteiger partial charge in [-0.15, -0.1) is 11.8 Å². The third-order valence-corrected chi connectivity index (χ3v) is 8.61. The lowest BCUT2D eigenvalue weighted by atomic mass is 9.77. The second-order valence-corrected chi connectivity index (χ2v) is 11.3. The van der Waals surface area contributed by atoms with Crippen LogP contribution in [0.25, 0.3) is 0 Å². The van der Waals surface area contributed by atoms with E-state index < -0.39 is 12.0 Å². The zero-order valence-corrected chi connectivity index (χ0v) is 22.1. The third-order valence-electron chi connectivity index (χ3n) is 7.34. The van der Waals surface area contributed by atoms with Crippen LogP contribution in [0.3, 0.4) is 0 Å². The maximum atomic E-state index is 13.9. The van der Waals surface area contributed by atoms with Crippen molar-refractivity contribution in [2.24, 2.45) is 0 Å². The Hall–Kier alpha value is -2.80. The smallest absolute Gasteiger partial charge is 0.254 e. The lowest BCUT2D eigenvalue weighted by Gasteiger charge is -2.47. The molecular weight excluding hydrogens is 504 g/mol. The summed E-state index contributed by atoms with van der Waals surface area (Å²) in [6.07, 6.45) is 2.38. The standard InChI is InChI=1S/C30H31ClN2O3S/c31-21-12-10-20(11-13-21)28-27(29(35)32-18-19-37-24-6-2-1-3-7-24)25-8-4-5-9-26(25)30(36)33(28)22-14-16-23(34)17-15-22/h1-13,22-23,27-28,34H,14-19H2,(H,32,35)/t22?,23?,27-,28+/m1/s1. The first-order valence-electron chi connectivity index (χ1n) is 12.8. The van der Waals surface area contributed by atoms with Gasteiger partial charge >= 0.3 is 0 Å². The lowest BCUT2D eigenvalue weighted by Crippen LogP contribution is -2.52. The SMILES string of the molecule is O=C(NCCSc1ccccc1)[C@@H]1c2ccccc2C(=O)N(C2CCC(O)CC2)[C@H]1c1ccc(Cl)cc1. The van der Waals surface area contributed by atoms with E-state index in [9.17, 15) is 14.7 Å². The van der Waals surface area contributed by atoms with E-state index >= 15 is 0 Å². The number of hydrogen-bond acceptors (Lipinski definition) is 4. The summed E-state index contributed by atoms with van der Waals surface area (Å²) in [7, 11) is 0. The van der Waals surface area contributed by atoms with Gasteiger partial charge in [-0.1, -0.05) is 60.1 Å². The lowest BCUT2D eigenvalue weighted by molar-refractivity contribution is -0.124. The molecule has 3 aromatic carbocycles. The molecule has 5 rings (SSSR count). The highest BCUT2D eigenvalue weighted by Gasteiger charge is 2.46. The minimum Gasteiger partial charge on any atom is -0.393 e. The summed E-state index contributed by atoms with van der Waals surface area (Å²) in [5.74, 6) is 0.0532. The number of nitrogens with zero attached hydrogens (tertiary/aromatic N) is 1. The minimum absolute atomic E-state index is 0.0473. The molecule has 3 aromatic rings. The fourth-order valence-corrected chi connectivity index (χ4v) is 6.47. The highest BCUT2D eigenvalue weighted by molar-refractivity contribution is 7.99. The summed E-state index contributed by atoms with van der Waals surface area (Å²) in [6, 6.07) is 24.6. The molecular formula is C30H31ClN2O3S. The number of carbonyl (C=O) groups is 2. The van der Waals surface area contributed by atoms with Gasteiger partial charge in [0.15, 0.2) is 0 Å². The predicted molar refractivity (Wildman–Crippen MR) is 148 cm³/mol. The van der Waals surface area contributed by atoms with Crippen molar-refractivity contribution in [2.75, 3.05) is 12.3 Å². The fourth-order valence-electron chi connectivity index (χ4n) is 5.56. The van der Waals surface area contributed by atoms with Gasteiger partial charge < -0.3 is 15.3 Å². The number of benzene rings is 3. The number of aliphatic hydroxyl groups is 1. The van der Waals surface area contributed by atoms with Gasteiger partial charge in [-0.3, -0.25) is 9.59 Å². The molecule has 192 valence electrons. The third kappa shape index (κ3) is 5.71. The van der Waals surface area contributed by atoms with Crippen LogP contribution in [0.2, 0.25) is 5.02 Å². The monoisotopic (exact) mass is 534 g/mol. The summed E-state index contributed by atoms with van der Waals surface area (Å²) < 4.78 is 0. The molecule has 0 bridgehead atoms. The molecule has 0 radical (unpaired) electrons. The van der Waals surface area contributed by atoms with Crippen molar-refractivity contribution in [3.05, 3.63) is 101 Å². The number of nitrogens with one attached hydrogen (secondary N) is 1. The van der Waals surface area contributed by atoms with Crippen molar-refractivity contribution in [1.29, 1.82) is 0 Å². The zero-order chi connectivity index (χ0) is 25.8. The predicted octanol–water partition coefficient (Wildman–Crippen LogP) is 5.83. The van der Waals surface area contributed by atoms with E-state index in [4.69, 9.17) is 11.6 Å². The van der Waals surface area contributed by atoms with E-state index in [0.29, 0.717) is 42.8 Å². The average Bonchev–Trinajstić information content (AvgIpc) is 2.93. The first kappa shape index (κ1) is 25.8. The van der Waals surface area contributed by atoms with Gasteiger partial charge in [-0.25, -0.2) is 0 Å². The molecule has 2 atom stereocenters. The van der Waals surface area contributed by atoms with Crippen molar-refractivity contribution in [1.82, 2.24) is 10.2 Å². The van der Waals surface area contributed by atoms with Crippen molar-refractivity contribution in [3.8, 4) is 0 Å². The first-order valence-corrected chi connectivity index (χ1v) is 14.2. The highest BCUT2D eigenvalue weighted by atomic mass is 35.5. The number of hydrogen-bond donors (Lipinski definition) is 2. The molecule has 37 heavy (non-hydrogen) atoms. The Balaban J connectivity index is 1.47. The minimum atomic E-state index is -0.552. The van der Waals surface area contributed by atoms with E-state index in [1.165, 1.54) is 0 Å². The normalized spacial score (nSPS) is 23.4. The van der Waals surface area contributed by atoms with Crippen LogP contribution >= 0.6 is 23.4 Å². The fraction of sp³-hybridized carbons (Fsp3) is 0.333. The van der Waals surface area contributed by atoms with Gasteiger partial charge in [0.1, 0.15) is 0 Å². The first-order chi connectivity index (χ1) is 18.0. The summed E-state index contributed by atoms with van der Waals surface area (Å²) in [4.78, 5) is 30.9. The van der Waals surface area contributed by atoms with Crippen molar-refractivity contribution in [3.63, 3.8) is 0 Å². The van der Waals surface area contributed by atoms with Crippen LogP contribution < -0.4 is 5.32 Å². The number of aliphatic hydroxyl groups excluding tert-OH is 1.